The van der Waals surface area contributed by atoms with Gasteiger partial charge in [0.1, 0.15) is 6.10 Å². The van der Waals surface area contributed by atoms with E-state index in [-0.39, 0.29) is 18.3 Å². The van der Waals surface area contributed by atoms with Gasteiger partial charge in [-0.25, -0.2) is 0 Å². The highest BCUT2D eigenvalue weighted by molar-refractivity contribution is 5.19. The molecule has 3 heteroatoms. The van der Waals surface area contributed by atoms with Gasteiger partial charge >= 0.3 is 0 Å². The molecule has 3 nitrogen and oxygen atoms in total. The lowest BCUT2D eigenvalue weighted by molar-refractivity contribution is -0.0445. The highest BCUT2D eigenvalue weighted by atomic mass is 16.6. The zero-order valence-electron chi connectivity index (χ0n) is 9.76. The number of benzene rings is 1. The van der Waals surface area contributed by atoms with Crippen molar-refractivity contribution in [3.05, 3.63) is 35.9 Å². The Labute approximate surface area is 96.3 Å². The Bertz CT molecular complexity index is 312. The maximum atomic E-state index is 5.94. The Hall–Kier alpha value is -0.900. The Morgan fingerprint density at radius 3 is 2.62 bits per heavy atom. The van der Waals surface area contributed by atoms with E-state index in [1.165, 1.54) is 5.56 Å². The van der Waals surface area contributed by atoms with Crippen LogP contribution in [0.3, 0.4) is 0 Å². The van der Waals surface area contributed by atoms with E-state index in [9.17, 15) is 0 Å². The third kappa shape index (κ3) is 2.43. The fraction of sp³-hybridized carbons (Fsp3) is 0.538. The molecule has 1 aliphatic rings. The number of methoxy groups -OCH3 is 2. The van der Waals surface area contributed by atoms with Crippen LogP contribution in [0.4, 0.5) is 0 Å². The Balaban J connectivity index is 2.05. The molecule has 1 heterocycles. The molecule has 88 valence electrons. The summed E-state index contributed by atoms with van der Waals surface area (Å²) in [4.78, 5) is 0. The highest BCUT2D eigenvalue weighted by Crippen LogP contribution is 2.34. The summed E-state index contributed by atoms with van der Waals surface area (Å²) in [5.74, 6) is 0. The Morgan fingerprint density at radius 1 is 1.25 bits per heavy atom. The maximum absolute atomic E-state index is 5.94. The van der Waals surface area contributed by atoms with Gasteiger partial charge in [-0.1, -0.05) is 30.3 Å². The van der Waals surface area contributed by atoms with Crippen molar-refractivity contribution < 1.29 is 14.2 Å². The van der Waals surface area contributed by atoms with Gasteiger partial charge in [0, 0.05) is 20.6 Å². The standard InChI is InChI=1S/C13H18O3/c1-14-9-13-12(15-2)8-11(16-13)10-6-4-3-5-7-10/h3-7,11-13H,8-9H2,1-2H3/t11?,12-,13?/m0/s1. The monoisotopic (exact) mass is 222 g/mol. The smallest absolute Gasteiger partial charge is 0.108 e. The van der Waals surface area contributed by atoms with Crippen LogP contribution < -0.4 is 0 Å². The quantitative estimate of drug-likeness (QED) is 0.781. The van der Waals surface area contributed by atoms with E-state index >= 15 is 0 Å². The fourth-order valence-electron chi connectivity index (χ4n) is 2.16. The lowest BCUT2D eigenvalue weighted by Gasteiger charge is -2.15. The van der Waals surface area contributed by atoms with Gasteiger partial charge in [0.05, 0.1) is 18.8 Å². The molecule has 2 rings (SSSR count). The van der Waals surface area contributed by atoms with Gasteiger partial charge in [-0.05, 0) is 5.56 Å². The molecule has 3 atom stereocenters. The molecule has 1 aromatic carbocycles. The molecule has 2 unspecified atom stereocenters. The third-order valence-electron chi connectivity index (χ3n) is 3.01. The lowest BCUT2D eigenvalue weighted by atomic mass is 10.0. The maximum Gasteiger partial charge on any atom is 0.108 e. The van der Waals surface area contributed by atoms with E-state index in [2.05, 4.69) is 12.1 Å². The summed E-state index contributed by atoms with van der Waals surface area (Å²) in [7, 11) is 3.41. The van der Waals surface area contributed by atoms with Crippen LogP contribution in [0.25, 0.3) is 0 Å². The van der Waals surface area contributed by atoms with Gasteiger partial charge in [0.25, 0.3) is 0 Å². The number of rotatable bonds is 4. The molecule has 0 amide bonds. The van der Waals surface area contributed by atoms with Crippen LogP contribution in [0.15, 0.2) is 30.3 Å². The molecule has 0 aliphatic carbocycles. The van der Waals surface area contributed by atoms with Crippen LogP contribution in [0.5, 0.6) is 0 Å². The number of hydrogen-bond acceptors (Lipinski definition) is 3. The van der Waals surface area contributed by atoms with Crippen molar-refractivity contribution in [1.29, 1.82) is 0 Å². The Kier molecular flexibility index (Phi) is 3.93. The molecule has 16 heavy (non-hydrogen) atoms. The van der Waals surface area contributed by atoms with E-state index in [1.807, 2.05) is 18.2 Å². The van der Waals surface area contributed by atoms with Crippen molar-refractivity contribution >= 4 is 0 Å². The van der Waals surface area contributed by atoms with Gasteiger partial charge < -0.3 is 14.2 Å². The first-order chi connectivity index (χ1) is 7.85. The molecule has 1 saturated heterocycles. The van der Waals surface area contributed by atoms with Crippen LogP contribution in [0.2, 0.25) is 0 Å². The van der Waals surface area contributed by atoms with Gasteiger partial charge in [-0.3, -0.25) is 0 Å². The summed E-state index contributed by atoms with van der Waals surface area (Å²) in [5, 5.41) is 0. The minimum Gasteiger partial charge on any atom is -0.382 e. The van der Waals surface area contributed by atoms with Crippen LogP contribution >= 0.6 is 0 Å². The van der Waals surface area contributed by atoms with Crippen molar-refractivity contribution in [2.75, 3.05) is 20.8 Å². The van der Waals surface area contributed by atoms with E-state index in [1.54, 1.807) is 14.2 Å². The summed E-state index contributed by atoms with van der Waals surface area (Å²) in [5.41, 5.74) is 1.21. The average molecular weight is 222 g/mol. The van der Waals surface area contributed by atoms with Gasteiger partial charge in [0.15, 0.2) is 0 Å². The van der Waals surface area contributed by atoms with Crippen molar-refractivity contribution in [1.82, 2.24) is 0 Å². The van der Waals surface area contributed by atoms with Crippen LogP contribution in [0, 0.1) is 0 Å². The minimum absolute atomic E-state index is 0.0419. The molecule has 0 N–H and O–H groups in total. The second-order valence-corrected chi connectivity index (χ2v) is 4.04. The molecule has 0 aromatic heterocycles. The molecular weight excluding hydrogens is 204 g/mol. The molecule has 0 radical (unpaired) electrons. The van der Waals surface area contributed by atoms with Crippen LogP contribution in [-0.2, 0) is 14.2 Å². The van der Waals surface area contributed by atoms with Crippen molar-refractivity contribution in [3.8, 4) is 0 Å². The van der Waals surface area contributed by atoms with E-state index < -0.39 is 0 Å². The summed E-state index contributed by atoms with van der Waals surface area (Å²) >= 11 is 0. The van der Waals surface area contributed by atoms with Crippen molar-refractivity contribution in [2.45, 2.75) is 24.7 Å². The fourth-order valence-corrected chi connectivity index (χ4v) is 2.16. The SMILES string of the molecule is COCC1OC(c2ccccc2)C[C@@H]1OC. The first-order valence-corrected chi connectivity index (χ1v) is 5.57. The van der Waals surface area contributed by atoms with E-state index in [0.717, 1.165) is 6.42 Å². The van der Waals surface area contributed by atoms with Crippen molar-refractivity contribution in [2.24, 2.45) is 0 Å². The molecule has 1 aromatic rings. The second kappa shape index (κ2) is 5.43. The van der Waals surface area contributed by atoms with Crippen LogP contribution in [0.1, 0.15) is 18.1 Å². The molecule has 0 bridgehead atoms. The highest BCUT2D eigenvalue weighted by Gasteiger charge is 2.35. The van der Waals surface area contributed by atoms with Crippen molar-refractivity contribution in [3.63, 3.8) is 0 Å². The summed E-state index contributed by atoms with van der Waals surface area (Å²) in [6.45, 7) is 0.585. The third-order valence-corrected chi connectivity index (χ3v) is 3.01. The largest absolute Gasteiger partial charge is 0.382 e. The summed E-state index contributed by atoms with van der Waals surface area (Å²) in [6, 6.07) is 10.3. The molecule has 1 aliphatic heterocycles. The lowest BCUT2D eigenvalue weighted by Crippen LogP contribution is -2.27. The minimum atomic E-state index is 0.0419. The molecular formula is C13H18O3. The van der Waals surface area contributed by atoms with Gasteiger partial charge in [0.2, 0.25) is 0 Å². The first kappa shape index (κ1) is 11.6. The topological polar surface area (TPSA) is 27.7 Å². The first-order valence-electron chi connectivity index (χ1n) is 5.57. The zero-order valence-corrected chi connectivity index (χ0v) is 9.76. The molecule has 1 fully saturated rings. The van der Waals surface area contributed by atoms with Crippen LogP contribution in [-0.4, -0.2) is 33.0 Å². The summed E-state index contributed by atoms with van der Waals surface area (Å²) in [6.07, 6.45) is 1.20. The van der Waals surface area contributed by atoms with E-state index in [4.69, 9.17) is 14.2 Å². The Morgan fingerprint density at radius 2 is 2.00 bits per heavy atom. The molecule has 0 spiro atoms. The second-order valence-electron chi connectivity index (χ2n) is 4.04. The number of ether oxygens (including phenoxy) is 3. The normalized spacial score (nSPS) is 29.5. The molecule has 0 saturated carbocycles. The number of hydrogen-bond donors (Lipinski definition) is 0. The van der Waals surface area contributed by atoms with Gasteiger partial charge in [-0.15, -0.1) is 0 Å². The summed E-state index contributed by atoms with van der Waals surface area (Å²) < 4.78 is 16.5. The van der Waals surface area contributed by atoms with Gasteiger partial charge in [-0.2, -0.15) is 0 Å². The predicted molar refractivity (Wildman–Crippen MR) is 61.3 cm³/mol. The zero-order chi connectivity index (χ0) is 11.4. The van der Waals surface area contributed by atoms with E-state index in [0.29, 0.717) is 6.61 Å². The average Bonchev–Trinajstić information content (AvgIpc) is 2.74. The predicted octanol–water partition coefficient (Wildman–Crippen LogP) is 2.18.